The van der Waals surface area contributed by atoms with Crippen LogP contribution in [-0.2, 0) is 19.1 Å². The average molecular weight is 363 g/mol. The van der Waals surface area contributed by atoms with E-state index in [1.54, 1.807) is 0 Å². The van der Waals surface area contributed by atoms with E-state index in [4.69, 9.17) is 21.1 Å². The molecule has 24 heavy (non-hydrogen) atoms. The number of hydrogen-bond acceptors (Lipinski definition) is 4. The van der Waals surface area contributed by atoms with Crippen molar-refractivity contribution < 1.29 is 19.1 Å². The van der Waals surface area contributed by atoms with Gasteiger partial charge in [-0.1, -0.05) is 46.0 Å². The van der Waals surface area contributed by atoms with Gasteiger partial charge in [0.1, 0.15) is 0 Å². The molecule has 0 saturated carbocycles. The molecule has 0 bridgehead atoms. The van der Waals surface area contributed by atoms with Crippen molar-refractivity contribution in [3.63, 3.8) is 0 Å². The van der Waals surface area contributed by atoms with E-state index in [1.807, 2.05) is 0 Å². The Morgan fingerprint density at radius 1 is 0.875 bits per heavy atom. The summed E-state index contributed by atoms with van der Waals surface area (Å²) >= 11 is 5.62. The van der Waals surface area contributed by atoms with Crippen molar-refractivity contribution in [2.75, 3.05) is 19.1 Å². The number of carbonyl (C=O) groups excluding carboxylic acids is 2. The lowest BCUT2D eigenvalue weighted by molar-refractivity contribution is -0.146. The van der Waals surface area contributed by atoms with Crippen LogP contribution in [0.25, 0.3) is 0 Å². The number of unbranched alkanes of at least 4 members (excludes halogenated alkanes) is 5. The quantitative estimate of drug-likeness (QED) is 0.213. The van der Waals surface area contributed by atoms with E-state index in [1.165, 1.54) is 12.8 Å². The molecule has 0 saturated heterocycles. The third-order valence-electron chi connectivity index (χ3n) is 3.86. The molecule has 0 N–H and O–H groups in total. The van der Waals surface area contributed by atoms with Gasteiger partial charge in [-0.15, -0.1) is 11.6 Å². The Hall–Kier alpha value is -0.770. The predicted octanol–water partition coefficient (Wildman–Crippen LogP) is 5.26. The van der Waals surface area contributed by atoms with E-state index in [0.29, 0.717) is 25.6 Å². The lowest BCUT2D eigenvalue weighted by Crippen LogP contribution is -2.12. The fraction of sp³-hybridized carbons (Fsp3) is 0.895. The highest BCUT2D eigenvalue weighted by atomic mass is 35.5. The summed E-state index contributed by atoms with van der Waals surface area (Å²) in [7, 11) is 0. The minimum absolute atomic E-state index is 0.218. The van der Waals surface area contributed by atoms with Crippen LogP contribution >= 0.6 is 11.6 Å². The summed E-state index contributed by atoms with van der Waals surface area (Å²) in [5.74, 6) is 0.703. The molecule has 0 aromatic heterocycles. The molecule has 0 aliphatic carbocycles. The first-order chi connectivity index (χ1) is 11.6. The fourth-order valence-corrected chi connectivity index (χ4v) is 2.61. The molecule has 0 rings (SSSR count). The molecule has 5 heteroatoms. The topological polar surface area (TPSA) is 52.6 Å². The van der Waals surface area contributed by atoms with Gasteiger partial charge in [-0.25, -0.2) is 0 Å². The highest BCUT2D eigenvalue weighted by molar-refractivity contribution is 6.17. The fourth-order valence-electron chi connectivity index (χ4n) is 2.42. The van der Waals surface area contributed by atoms with E-state index in [-0.39, 0.29) is 24.8 Å². The zero-order chi connectivity index (χ0) is 18.0. The molecule has 1 unspecified atom stereocenters. The summed E-state index contributed by atoms with van der Waals surface area (Å²) in [6.45, 7) is 5.15. The number of esters is 2. The van der Waals surface area contributed by atoms with Crippen LogP contribution < -0.4 is 0 Å². The second-order valence-electron chi connectivity index (χ2n) is 6.46. The smallest absolute Gasteiger partial charge is 0.305 e. The molecule has 4 nitrogen and oxygen atoms in total. The van der Waals surface area contributed by atoms with E-state index in [0.717, 1.165) is 44.4 Å². The molecular weight excluding hydrogens is 328 g/mol. The molecule has 0 fully saturated rings. The van der Waals surface area contributed by atoms with Crippen molar-refractivity contribution in [2.45, 2.75) is 84.5 Å². The van der Waals surface area contributed by atoms with Crippen LogP contribution in [0.1, 0.15) is 84.5 Å². The SMILES string of the molecule is CCCC(C)COC(=O)CCCC(=O)OCCCCCCCCCl. The van der Waals surface area contributed by atoms with E-state index in [2.05, 4.69) is 13.8 Å². The molecule has 0 heterocycles. The van der Waals surface area contributed by atoms with Gasteiger partial charge in [0.05, 0.1) is 13.2 Å². The Bertz CT molecular complexity index is 320. The van der Waals surface area contributed by atoms with Gasteiger partial charge in [-0.3, -0.25) is 9.59 Å². The molecule has 0 radical (unpaired) electrons. The zero-order valence-electron chi connectivity index (χ0n) is 15.5. The molecule has 0 aromatic carbocycles. The normalized spacial score (nSPS) is 12.0. The first kappa shape index (κ1) is 23.2. The van der Waals surface area contributed by atoms with E-state index in [9.17, 15) is 9.59 Å². The summed E-state index contributed by atoms with van der Waals surface area (Å²) in [6, 6.07) is 0. The maximum absolute atomic E-state index is 11.6. The van der Waals surface area contributed by atoms with Gasteiger partial charge >= 0.3 is 11.9 Å². The maximum atomic E-state index is 11.6. The van der Waals surface area contributed by atoms with Gasteiger partial charge in [-0.05, 0) is 31.6 Å². The Balaban J connectivity index is 3.41. The number of carbonyl (C=O) groups is 2. The molecule has 0 spiro atoms. The number of ether oxygens (including phenoxy) is 2. The van der Waals surface area contributed by atoms with E-state index >= 15 is 0 Å². The number of halogens is 1. The number of rotatable bonds is 16. The van der Waals surface area contributed by atoms with E-state index < -0.39 is 0 Å². The Kier molecular flexibility index (Phi) is 16.5. The first-order valence-electron chi connectivity index (χ1n) is 9.47. The van der Waals surface area contributed by atoms with Gasteiger partial charge in [-0.2, -0.15) is 0 Å². The minimum atomic E-state index is -0.220. The molecular formula is C19H35ClO4. The second kappa shape index (κ2) is 17.1. The summed E-state index contributed by atoms with van der Waals surface area (Å²) < 4.78 is 10.4. The predicted molar refractivity (Wildman–Crippen MR) is 98.3 cm³/mol. The highest BCUT2D eigenvalue weighted by Crippen LogP contribution is 2.08. The monoisotopic (exact) mass is 362 g/mol. The lowest BCUT2D eigenvalue weighted by Gasteiger charge is -2.10. The summed E-state index contributed by atoms with van der Waals surface area (Å²) in [6.07, 6.45) is 9.83. The van der Waals surface area contributed by atoms with Crippen molar-refractivity contribution >= 4 is 23.5 Å². The van der Waals surface area contributed by atoms with Gasteiger partial charge in [0, 0.05) is 18.7 Å². The van der Waals surface area contributed by atoms with Crippen LogP contribution in [0, 0.1) is 5.92 Å². The minimum Gasteiger partial charge on any atom is -0.466 e. The molecule has 0 aliphatic heterocycles. The van der Waals surface area contributed by atoms with Crippen LogP contribution in [-0.4, -0.2) is 31.0 Å². The third-order valence-corrected chi connectivity index (χ3v) is 4.13. The van der Waals surface area contributed by atoms with Crippen LogP contribution in [0.15, 0.2) is 0 Å². The standard InChI is InChI=1S/C19H35ClO4/c1-3-11-17(2)16-24-19(22)13-10-12-18(21)23-15-9-7-5-4-6-8-14-20/h17H,3-16H2,1-2H3. The van der Waals surface area contributed by atoms with Crippen LogP contribution in [0.4, 0.5) is 0 Å². The third kappa shape index (κ3) is 16.1. The Morgan fingerprint density at radius 3 is 2.08 bits per heavy atom. The second-order valence-corrected chi connectivity index (χ2v) is 6.84. The van der Waals surface area contributed by atoms with Gasteiger partial charge in [0.2, 0.25) is 0 Å². The Labute approximate surface area is 152 Å². The zero-order valence-corrected chi connectivity index (χ0v) is 16.2. The molecule has 0 aromatic rings. The molecule has 0 amide bonds. The summed E-state index contributed by atoms with van der Waals surface area (Å²) in [5.41, 5.74) is 0. The first-order valence-corrected chi connectivity index (χ1v) is 10.0. The van der Waals surface area contributed by atoms with Gasteiger partial charge in [0.15, 0.2) is 0 Å². The summed E-state index contributed by atoms with van der Waals surface area (Å²) in [5, 5.41) is 0. The van der Waals surface area contributed by atoms with Crippen molar-refractivity contribution in [3.8, 4) is 0 Å². The maximum Gasteiger partial charge on any atom is 0.305 e. The van der Waals surface area contributed by atoms with Crippen molar-refractivity contribution in [2.24, 2.45) is 5.92 Å². The largest absolute Gasteiger partial charge is 0.466 e. The van der Waals surface area contributed by atoms with Crippen molar-refractivity contribution in [1.82, 2.24) is 0 Å². The van der Waals surface area contributed by atoms with Crippen LogP contribution in [0.5, 0.6) is 0 Å². The van der Waals surface area contributed by atoms with Gasteiger partial charge < -0.3 is 9.47 Å². The van der Waals surface area contributed by atoms with Crippen molar-refractivity contribution in [3.05, 3.63) is 0 Å². The molecule has 142 valence electrons. The Morgan fingerprint density at radius 2 is 1.46 bits per heavy atom. The van der Waals surface area contributed by atoms with Crippen molar-refractivity contribution in [1.29, 1.82) is 0 Å². The van der Waals surface area contributed by atoms with Crippen LogP contribution in [0.3, 0.4) is 0 Å². The summed E-state index contributed by atoms with van der Waals surface area (Å²) in [4.78, 5) is 23.1. The average Bonchev–Trinajstić information content (AvgIpc) is 2.55. The lowest BCUT2D eigenvalue weighted by atomic mass is 10.1. The molecule has 0 aliphatic rings. The highest BCUT2D eigenvalue weighted by Gasteiger charge is 2.09. The number of hydrogen-bond donors (Lipinski definition) is 0. The van der Waals surface area contributed by atoms with Gasteiger partial charge in [0.25, 0.3) is 0 Å². The number of alkyl halides is 1. The van der Waals surface area contributed by atoms with Crippen LogP contribution in [0.2, 0.25) is 0 Å². The molecule has 1 atom stereocenters.